The molecule has 0 aliphatic heterocycles. The van der Waals surface area contributed by atoms with Crippen LogP contribution in [0.25, 0.3) is 16.9 Å². The Morgan fingerprint density at radius 2 is 2.19 bits per heavy atom. The summed E-state index contributed by atoms with van der Waals surface area (Å²) in [5.74, 6) is -1.57. The quantitative estimate of drug-likeness (QED) is 0.752. The molecule has 3 N–H and O–H groups in total. The van der Waals surface area contributed by atoms with Gasteiger partial charge in [0.1, 0.15) is 11.9 Å². The monoisotopic (exact) mass is 306 g/mol. The summed E-state index contributed by atoms with van der Waals surface area (Å²) in [6.07, 6.45) is 1.27. The SMILES string of the molecule is NC(=O)c1c(=O)cc(-c2cccc(Cl)c2F)n2[nH]cnc12. The van der Waals surface area contributed by atoms with Crippen molar-refractivity contribution in [3.05, 3.63) is 57.2 Å². The van der Waals surface area contributed by atoms with E-state index in [1.807, 2.05) is 0 Å². The number of carbonyl (C=O) groups excluding carboxylic acids is 1. The van der Waals surface area contributed by atoms with Gasteiger partial charge < -0.3 is 5.73 Å². The van der Waals surface area contributed by atoms with Gasteiger partial charge in [0.15, 0.2) is 16.9 Å². The van der Waals surface area contributed by atoms with Crippen molar-refractivity contribution in [1.82, 2.24) is 14.6 Å². The van der Waals surface area contributed by atoms with Crippen LogP contribution in [0.2, 0.25) is 5.02 Å². The number of aromatic nitrogens is 3. The smallest absolute Gasteiger partial charge is 0.256 e. The van der Waals surface area contributed by atoms with Crippen molar-refractivity contribution in [2.45, 2.75) is 0 Å². The molecule has 2 heterocycles. The minimum absolute atomic E-state index is 0.0318. The number of carbonyl (C=O) groups is 1. The maximum absolute atomic E-state index is 14.1. The highest BCUT2D eigenvalue weighted by atomic mass is 35.5. The van der Waals surface area contributed by atoms with Gasteiger partial charge >= 0.3 is 0 Å². The first-order valence-corrected chi connectivity index (χ1v) is 6.22. The highest BCUT2D eigenvalue weighted by Gasteiger charge is 2.19. The molecule has 6 nitrogen and oxygen atoms in total. The van der Waals surface area contributed by atoms with Crippen LogP contribution in [0.5, 0.6) is 0 Å². The summed E-state index contributed by atoms with van der Waals surface area (Å²) in [6, 6.07) is 5.52. The molecule has 0 saturated carbocycles. The molecule has 0 radical (unpaired) electrons. The van der Waals surface area contributed by atoms with Crippen LogP contribution >= 0.6 is 11.6 Å². The van der Waals surface area contributed by atoms with Crippen LogP contribution in [-0.4, -0.2) is 20.5 Å². The molecular formula is C13H8ClFN4O2. The number of nitrogens with zero attached hydrogens (tertiary/aromatic N) is 2. The molecule has 3 aromatic rings. The van der Waals surface area contributed by atoms with E-state index in [1.165, 1.54) is 23.0 Å². The van der Waals surface area contributed by atoms with Crippen LogP contribution in [-0.2, 0) is 0 Å². The molecule has 0 saturated heterocycles. The molecule has 1 amide bonds. The topological polar surface area (TPSA) is 93.3 Å². The Kier molecular flexibility index (Phi) is 2.99. The van der Waals surface area contributed by atoms with Crippen molar-refractivity contribution < 1.29 is 9.18 Å². The second-order valence-corrected chi connectivity index (χ2v) is 4.69. The summed E-state index contributed by atoms with van der Waals surface area (Å²) >= 11 is 5.75. The number of halogens is 2. The molecule has 0 unspecified atom stereocenters. The van der Waals surface area contributed by atoms with Crippen LogP contribution in [0.1, 0.15) is 10.4 Å². The van der Waals surface area contributed by atoms with Gasteiger partial charge in [0, 0.05) is 11.6 Å². The molecule has 2 aromatic heterocycles. The number of aromatic amines is 1. The van der Waals surface area contributed by atoms with Crippen molar-refractivity contribution in [3.63, 3.8) is 0 Å². The molecule has 21 heavy (non-hydrogen) atoms. The average Bonchev–Trinajstić information content (AvgIpc) is 2.89. The number of amides is 1. The number of fused-ring (bicyclic) bond motifs is 1. The number of nitrogens with two attached hydrogens (primary N) is 1. The Morgan fingerprint density at radius 3 is 2.90 bits per heavy atom. The Hall–Kier alpha value is -2.67. The molecule has 0 fully saturated rings. The van der Waals surface area contributed by atoms with E-state index in [2.05, 4.69) is 10.1 Å². The first-order chi connectivity index (χ1) is 10.0. The van der Waals surface area contributed by atoms with Gasteiger partial charge in [-0.05, 0) is 12.1 Å². The summed E-state index contributed by atoms with van der Waals surface area (Å²) in [4.78, 5) is 27.3. The molecule has 106 valence electrons. The standard InChI is InChI=1S/C13H8ClFN4O2/c14-7-3-1-2-6(11(7)15)8-4-9(20)10(12(16)21)13-17-5-18-19(8)13/h1-5H,(H2,16,21)(H,17,18). The second-order valence-electron chi connectivity index (χ2n) is 4.28. The summed E-state index contributed by atoms with van der Waals surface area (Å²) in [5, 5.41) is 2.63. The van der Waals surface area contributed by atoms with E-state index in [-0.39, 0.29) is 27.5 Å². The van der Waals surface area contributed by atoms with Gasteiger partial charge in [0.2, 0.25) is 0 Å². The number of pyridine rings is 1. The minimum Gasteiger partial charge on any atom is -0.365 e. The second kappa shape index (κ2) is 4.71. The van der Waals surface area contributed by atoms with Crippen LogP contribution in [0.15, 0.2) is 35.4 Å². The molecule has 0 atom stereocenters. The predicted molar refractivity (Wildman–Crippen MR) is 74.7 cm³/mol. The van der Waals surface area contributed by atoms with Crippen LogP contribution in [0, 0.1) is 5.82 Å². The highest BCUT2D eigenvalue weighted by Crippen LogP contribution is 2.27. The van der Waals surface area contributed by atoms with E-state index in [0.29, 0.717) is 0 Å². The maximum Gasteiger partial charge on any atom is 0.256 e. The largest absolute Gasteiger partial charge is 0.365 e. The first-order valence-electron chi connectivity index (χ1n) is 5.84. The molecule has 0 spiro atoms. The molecule has 8 heteroatoms. The van der Waals surface area contributed by atoms with Gasteiger partial charge in [-0.15, -0.1) is 0 Å². The Balaban J connectivity index is 2.43. The van der Waals surface area contributed by atoms with Crippen molar-refractivity contribution in [3.8, 4) is 11.3 Å². The van der Waals surface area contributed by atoms with E-state index in [4.69, 9.17) is 17.3 Å². The fourth-order valence-corrected chi connectivity index (χ4v) is 2.30. The first kappa shape index (κ1) is 13.3. The molecule has 1 aromatic carbocycles. The zero-order chi connectivity index (χ0) is 15.1. The van der Waals surface area contributed by atoms with Gasteiger partial charge in [-0.3, -0.25) is 14.7 Å². The number of primary amides is 1. The summed E-state index contributed by atoms with van der Waals surface area (Å²) in [7, 11) is 0. The van der Waals surface area contributed by atoms with Gasteiger partial charge in [-0.25, -0.2) is 13.9 Å². The zero-order valence-electron chi connectivity index (χ0n) is 10.4. The van der Waals surface area contributed by atoms with E-state index in [0.717, 1.165) is 6.07 Å². The van der Waals surface area contributed by atoms with E-state index in [9.17, 15) is 14.0 Å². The number of hydrogen-bond acceptors (Lipinski definition) is 3. The normalized spacial score (nSPS) is 11.0. The lowest BCUT2D eigenvalue weighted by atomic mass is 10.1. The van der Waals surface area contributed by atoms with Crippen molar-refractivity contribution in [2.75, 3.05) is 0 Å². The predicted octanol–water partition coefficient (Wildman–Crippen LogP) is 1.58. The summed E-state index contributed by atoms with van der Waals surface area (Å²) in [5.41, 5.74) is 4.61. The number of H-pyrrole nitrogens is 1. The molecule has 0 bridgehead atoms. The lowest BCUT2D eigenvalue weighted by molar-refractivity contribution is 0.100. The van der Waals surface area contributed by atoms with Crippen LogP contribution < -0.4 is 11.2 Å². The maximum atomic E-state index is 14.1. The molecule has 0 aliphatic rings. The summed E-state index contributed by atoms with van der Waals surface area (Å²) in [6.45, 7) is 0. The van der Waals surface area contributed by atoms with E-state index in [1.54, 1.807) is 6.07 Å². The van der Waals surface area contributed by atoms with Crippen LogP contribution in [0.4, 0.5) is 4.39 Å². The zero-order valence-corrected chi connectivity index (χ0v) is 11.2. The van der Waals surface area contributed by atoms with Gasteiger partial charge in [-0.2, -0.15) is 0 Å². The highest BCUT2D eigenvalue weighted by molar-refractivity contribution is 6.31. The number of benzene rings is 1. The van der Waals surface area contributed by atoms with Crippen LogP contribution in [0.3, 0.4) is 0 Å². The molecular weight excluding hydrogens is 299 g/mol. The Bertz CT molecular complexity index is 932. The van der Waals surface area contributed by atoms with E-state index >= 15 is 0 Å². The third kappa shape index (κ3) is 1.98. The van der Waals surface area contributed by atoms with Crippen molar-refractivity contribution in [2.24, 2.45) is 5.73 Å². The van der Waals surface area contributed by atoms with Crippen molar-refractivity contribution >= 4 is 23.2 Å². The molecule has 0 aliphatic carbocycles. The fourth-order valence-electron chi connectivity index (χ4n) is 2.13. The Labute approximate surface area is 122 Å². The Morgan fingerprint density at radius 1 is 1.43 bits per heavy atom. The fraction of sp³-hybridized carbons (Fsp3) is 0. The lowest BCUT2D eigenvalue weighted by Gasteiger charge is -2.08. The number of nitrogens with one attached hydrogen (secondary N) is 1. The minimum atomic E-state index is -0.900. The van der Waals surface area contributed by atoms with Gasteiger partial charge in [-0.1, -0.05) is 17.7 Å². The third-order valence-corrected chi connectivity index (χ3v) is 3.33. The molecule has 3 rings (SSSR count). The van der Waals surface area contributed by atoms with Crippen molar-refractivity contribution in [1.29, 1.82) is 0 Å². The lowest BCUT2D eigenvalue weighted by Crippen LogP contribution is -2.23. The van der Waals surface area contributed by atoms with Gasteiger partial charge in [0.25, 0.3) is 5.91 Å². The van der Waals surface area contributed by atoms with Gasteiger partial charge in [0.05, 0.1) is 10.7 Å². The number of rotatable bonds is 2. The number of hydrogen-bond donors (Lipinski definition) is 2. The third-order valence-electron chi connectivity index (χ3n) is 3.04. The summed E-state index contributed by atoms with van der Waals surface area (Å²) < 4.78 is 15.4. The average molecular weight is 307 g/mol. The van der Waals surface area contributed by atoms with E-state index < -0.39 is 17.2 Å².